The molecule has 2 aromatic carbocycles. The first kappa shape index (κ1) is 15.4. The molecule has 0 saturated heterocycles. The van der Waals surface area contributed by atoms with Gasteiger partial charge in [-0.15, -0.1) is 0 Å². The van der Waals surface area contributed by atoms with E-state index in [-0.39, 0.29) is 11.5 Å². The summed E-state index contributed by atoms with van der Waals surface area (Å²) in [7, 11) is 0. The van der Waals surface area contributed by atoms with Crippen LogP contribution in [-0.4, -0.2) is 10.7 Å². The van der Waals surface area contributed by atoms with Gasteiger partial charge in [-0.1, -0.05) is 30.3 Å². The first-order valence-electron chi connectivity index (χ1n) is 8.89. The summed E-state index contributed by atoms with van der Waals surface area (Å²) in [5.74, 6) is 0. The van der Waals surface area contributed by atoms with Crippen molar-refractivity contribution in [3.8, 4) is 0 Å². The number of aryl methyl sites for hydroxylation is 1. The van der Waals surface area contributed by atoms with Crippen LogP contribution < -0.4 is 5.43 Å². The van der Waals surface area contributed by atoms with E-state index < -0.39 is 6.10 Å². The predicted octanol–water partition coefficient (Wildman–Crippen LogP) is 4.56. The van der Waals surface area contributed by atoms with Crippen LogP contribution in [-0.2, 0) is 11.3 Å². The maximum Gasteiger partial charge on any atom is 0.198 e. The summed E-state index contributed by atoms with van der Waals surface area (Å²) in [6, 6.07) is 15.7. The van der Waals surface area contributed by atoms with E-state index in [9.17, 15) is 4.79 Å². The molecular formula is C22H19NO3. The standard InChI is InChI=1S/C22H19NO3/c1-13-11-23-18-9-5-3-7-15(18)14(2)20(23)22(26-13)17-12-25-19-10-6-4-8-16(19)21(17)24/h3-10,12-13,22H,11H2,1-2H3/t13-,22+/m0/s1. The molecule has 0 amide bonds. The van der Waals surface area contributed by atoms with Gasteiger partial charge in [-0.3, -0.25) is 4.79 Å². The Balaban J connectivity index is 1.80. The van der Waals surface area contributed by atoms with Crippen molar-refractivity contribution >= 4 is 21.9 Å². The van der Waals surface area contributed by atoms with Gasteiger partial charge in [-0.2, -0.15) is 0 Å². The van der Waals surface area contributed by atoms with E-state index in [1.807, 2.05) is 31.2 Å². The van der Waals surface area contributed by atoms with E-state index in [0.29, 0.717) is 16.5 Å². The molecule has 4 aromatic rings. The van der Waals surface area contributed by atoms with Gasteiger partial charge in [-0.05, 0) is 37.6 Å². The van der Waals surface area contributed by atoms with Crippen LogP contribution in [0.5, 0.6) is 0 Å². The minimum Gasteiger partial charge on any atom is -0.464 e. The van der Waals surface area contributed by atoms with E-state index in [4.69, 9.17) is 9.15 Å². The lowest BCUT2D eigenvalue weighted by molar-refractivity contribution is -0.0157. The molecule has 26 heavy (non-hydrogen) atoms. The number of aromatic nitrogens is 1. The zero-order valence-electron chi connectivity index (χ0n) is 14.7. The monoisotopic (exact) mass is 345 g/mol. The van der Waals surface area contributed by atoms with Gasteiger partial charge in [0.15, 0.2) is 5.43 Å². The Morgan fingerprint density at radius 1 is 1.04 bits per heavy atom. The van der Waals surface area contributed by atoms with Gasteiger partial charge < -0.3 is 13.7 Å². The summed E-state index contributed by atoms with van der Waals surface area (Å²) in [5, 5.41) is 1.79. The van der Waals surface area contributed by atoms with Gasteiger partial charge in [-0.25, -0.2) is 0 Å². The Morgan fingerprint density at radius 3 is 2.62 bits per heavy atom. The third-order valence-electron chi connectivity index (χ3n) is 5.32. The van der Waals surface area contributed by atoms with E-state index >= 15 is 0 Å². The molecule has 4 nitrogen and oxygen atoms in total. The highest BCUT2D eigenvalue weighted by molar-refractivity contribution is 5.86. The highest BCUT2D eigenvalue weighted by Gasteiger charge is 2.33. The van der Waals surface area contributed by atoms with Crippen molar-refractivity contribution in [3.05, 3.63) is 81.8 Å². The van der Waals surface area contributed by atoms with Gasteiger partial charge in [0, 0.05) is 17.4 Å². The van der Waals surface area contributed by atoms with Crippen molar-refractivity contribution in [1.82, 2.24) is 4.57 Å². The molecule has 2 aromatic heterocycles. The summed E-state index contributed by atoms with van der Waals surface area (Å²) in [6.45, 7) is 4.92. The van der Waals surface area contributed by atoms with Crippen molar-refractivity contribution in [2.24, 2.45) is 0 Å². The predicted molar refractivity (Wildman–Crippen MR) is 102 cm³/mol. The van der Waals surface area contributed by atoms with Crippen LogP contribution in [0.1, 0.15) is 29.8 Å². The zero-order chi connectivity index (χ0) is 17.8. The molecule has 1 aliphatic heterocycles. The lowest BCUT2D eigenvalue weighted by atomic mass is 10.0. The Labute approximate surface area is 150 Å². The second kappa shape index (κ2) is 5.58. The first-order chi connectivity index (χ1) is 12.6. The van der Waals surface area contributed by atoms with Crippen LogP contribution in [0, 0.1) is 6.92 Å². The van der Waals surface area contributed by atoms with Crippen LogP contribution in [0.25, 0.3) is 21.9 Å². The molecule has 1 aliphatic rings. The average Bonchev–Trinajstić information content (AvgIpc) is 2.95. The van der Waals surface area contributed by atoms with Crippen molar-refractivity contribution < 1.29 is 9.15 Å². The molecule has 0 radical (unpaired) electrons. The van der Waals surface area contributed by atoms with Crippen molar-refractivity contribution in [3.63, 3.8) is 0 Å². The number of benzene rings is 2. The van der Waals surface area contributed by atoms with Crippen molar-refractivity contribution in [1.29, 1.82) is 0 Å². The maximum atomic E-state index is 13.1. The highest BCUT2D eigenvalue weighted by atomic mass is 16.5. The second-order valence-corrected chi connectivity index (χ2v) is 6.98. The number of rotatable bonds is 1. The average molecular weight is 345 g/mol. The first-order valence-corrected chi connectivity index (χ1v) is 8.89. The van der Waals surface area contributed by atoms with Crippen LogP contribution in [0.4, 0.5) is 0 Å². The lowest BCUT2D eigenvalue weighted by Crippen LogP contribution is -2.31. The molecule has 4 heteroatoms. The van der Waals surface area contributed by atoms with E-state index in [1.54, 1.807) is 12.3 Å². The van der Waals surface area contributed by atoms with Gasteiger partial charge in [0.25, 0.3) is 0 Å². The molecule has 0 N–H and O–H groups in total. The number of hydrogen-bond acceptors (Lipinski definition) is 3. The third kappa shape index (κ3) is 2.09. The largest absolute Gasteiger partial charge is 0.464 e. The molecular weight excluding hydrogens is 326 g/mol. The number of fused-ring (bicyclic) bond motifs is 4. The Bertz CT molecular complexity index is 1200. The Morgan fingerprint density at radius 2 is 1.77 bits per heavy atom. The molecule has 130 valence electrons. The molecule has 5 rings (SSSR count). The summed E-state index contributed by atoms with van der Waals surface area (Å²) >= 11 is 0. The molecule has 3 heterocycles. The third-order valence-corrected chi connectivity index (χ3v) is 5.32. The van der Waals surface area contributed by atoms with Gasteiger partial charge in [0.05, 0.1) is 22.7 Å². The Kier molecular flexibility index (Phi) is 3.31. The molecule has 0 fully saturated rings. The number of hydrogen-bond donors (Lipinski definition) is 0. The number of nitrogens with zero attached hydrogens (tertiary/aromatic N) is 1. The molecule has 2 atom stereocenters. The smallest absolute Gasteiger partial charge is 0.198 e. The van der Waals surface area contributed by atoms with Crippen molar-refractivity contribution in [2.75, 3.05) is 0 Å². The molecule has 0 bridgehead atoms. The Hall–Kier alpha value is -2.85. The SMILES string of the molecule is Cc1c2n(c3ccccc13)C[C@H](C)O[C@@H]2c1coc2ccccc2c1=O. The molecule has 0 aliphatic carbocycles. The van der Waals surface area contributed by atoms with E-state index in [2.05, 4.69) is 29.7 Å². The summed E-state index contributed by atoms with van der Waals surface area (Å²) < 4.78 is 14.3. The van der Waals surface area contributed by atoms with Gasteiger partial charge in [0.1, 0.15) is 18.0 Å². The lowest BCUT2D eigenvalue weighted by Gasteiger charge is -2.31. The van der Waals surface area contributed by atoms with Gasteiger partial charge >= 0.3 is 0 Å². The normalized spacial score (nSPS) is 19.8. The molecule has 0 unspecified atom stereocenters. The fraction of sp³-hybridized carbons (Fsp3) is 0.227. The second-order valence-electron chi connectivity index (χ2n) is 6.98. The summed E-state index contributed by atoms with van der Waals surface area (Å²) in [4.78, 5) is 13.1. The summed E-state index contributed by atoms with van der Waals surface area (Å²) in [5.41, 5.74) is 4.52. The maximum absolute atomic E-state index is 13.1. The zero-order valence-corrected chi connectivity index (χ0v) is 14.7. The number of ether oxygens (including phenoxy) is 1. The fourth-order valence-corrected chi connectivity index (χ4v) is 4.12. The van der Waals surface area contributed by atoms with Crippen LogP contribution in [0.3, 0.4) is 0 Å². The summed E-state index contributed by atoms with van der Waals surface area (Å²) in [6.07, 6.45) is 1.15. The number of para-hydroxylation sites is 2. The van der Waals surface area contributed by atoms with Gasteiger partial charge in [0.2, 0.25) is 0 Å². The highest BCUT2D eigenvalue weighted by Crippen LogP contribution is 2.38. The van der Waals surface area contributed by atoms with E-state index in [1.165, 1.54) is 10.9 Å². The van der Waals surface area contributed by atoms with Crippen LogP contribution >= 0.6 is 0 Å². The van der Waals surface area contributed by atoms with Crippen LogP contribution in [0.2, 0.25) is 0 Å². The van der Waals surface area contributed by atoms with Crippen LogP contribution in [0.15, 0.2) is 64.0 Å². The fourth-order valence-electron chi connectivity index (χ4n) is 4.12. The topological polar surface area (TPSA) is 44.4 Å². The minimum absolute atomic E-state index is 0.00794. The minimum atomic E-state index is -0.424. The molecule has 0 spiro atoms. The van der Waals surface area contributed by atoms with E-state index in [0.717, 1.165) is 17.8 Å². The van der Waals surface area contributed by atoms with Crippen molar-refractivity contribution in [2.45, 2.75) is 32.6 Å². The molecule has 0 saturated carbocycles. The quantitative estimate of drug-likeness (QED) is 0.508.